The number of hydrogen-bond donors (Lipinski definition) is 2. The molecule has 0 atom stereocenters. The van der Waals surface area contributed by atoms with Gasteiger partial charge in [0.05, 0.1) is 6.54 Å². The molecule has 116 valence electrons. The number of rotatable bonds is 5. The Morgan fingerprint density at radius 1 is 1.43 bits per heavy atom. The zero-order valence-electron chi connectivity index (χ0n) is 12.5. The van der Waals surface area contributed by atoms with Gasteiger partial charge in [0.15, 0.2) is 5.82 Å². The molecular formula is C13H22N6O2. The van der Waals surface area contributed by atoms with Crippen LogP contribution in [-0.2, 0) is 16.1 Å². The van der Waals surface area contributed by atoms with Gasteiger partial charge in [0.2, 0.25) is 5.91 Å². The van der Waals surface area contributed by atoms with E-state index in [0.717, 1.165) is 19.5 Å². The molecule has 0 saturated carbocycles. The molecule has 1 amide bonds. The van der Waals surface area contributed by atoms with Crippen molar-refractivity contribution >= 4 is 17.5 Å². The molecule has 2 heterocycles. The van der Waals surface area contributed by atoms with Crippen LogP contribution in [0.25, 0.3) is 0 Å². The quantitative estimate of drug-likeness (QED) is 0.581. The molecule has 8 nitrogen and oxygen atoms in total. The highest BCUT2D eigenvalue weighted by atomic mass is 16.5. The summed E-state index contributed by atoms with van der Waals surface area (Å²) in [4.78, 5) is 24.4. The fourth-order valence-electron chi connectivity index (χ4n) is 2.16. The highest BCUT2D eigenvalue weighted by molar-refractivity contribution is 5.81. The summed E-state index contributed by atoms with van der Waals surface area (Å²) in [6.45, 7) is 4.66. The van der Waals surface area contributed by atoms with E-state index in [0.29, 0.717) is 37.2 Å². The third-order valence-electron chi connectivity index (χ3n) is 3.34. The molecule has 0 radical (unpaired) electrons. The largest absolute Gasteiger partial charge is 0.374 e. The number of nitrogens with one attached hydrogen (secondary N) is 1. The number of anilines is 2. The van der Waals surface area contributed by atoms with Gasteiger partial charge in [-0.25, -0.2) is 15.8 Å². The maximum Gasteiger partial charge on any atom is 0.241 e. The molecule has 1 fully saturated rings. The van der Waals surface area contributed by atoms with Crippen LogP contribution in [0, 0.1) is 0 Å². The van der Waals surface area contributed by atoms with Crippen LogP contribution in [0.15, 0.2) is 6.07 Å². The van der Waals surface area contributed by atoms with Crippen LogP contribution >= 0.6 is 0 Å². The summed E-state index contributed by atoms with van der Waals surface area (Å²) in [7, 11) is 1.82. The molecular weight excluding hydrogens is 272 g/mol. The number of likely N-dealkylation sites (N-methyl/N-ethyl adjacent to an activating group) is 1. The first-order chi connectivity index (χ1) is 10.1. The predicted octanol–water partition coefficient (Wildman–Crippen LogP) is -0.0328. The summed E-state index contributed by atoms with van der Waals surface area (Å²) in [5, 5.41) is 0. The summed E-state index contributed by atoms with van der Waals surface area (Å²) < 4.78 is 5.34. The number of ether oxygens (including phenoxy) is 1. The number of nitrogens with two attached hydrogens (primary N) is 1. The average Bonchev–Trinajstić information content (AvgIpc) is 2.67. The van der Waals surface area contributed by atoms with Gasteiger partial charge in [-0.15, -0.1) is 0 Å². The summed E-state index contributed by atoms with van der Waals surface area (Å²) in [6.07, 6.45) is 0.901. The minimum Gasteiger partial charge on any atom is -0.374 e. The number of carbonyl (C=O) groups is 1. The van der Waals surface area contributed by atoms with Crippen LogP contribution in [0.2, 0.25) is 0 Å². The molecule has 8 heteroatoms. The van der Waals surface area contributed by atoms with Crippen molar-refractivity contribution < 1.29 is 9.53 Å². The van der Waals surface area contributed by atoms with E-state index in [1.54, 1.807) is 11.0 Å². The van der Waals surface area contributed by atoms with E-state index in [1.165, 1.54) is 0 Å². The van der Waals surface area contributed by atoms with Gasteiger partial charge >= 0.3 is 0 Å². The number of hydrogen-bond acceptors (Lipinski definition) is 7. The number of amides is 1. The number of hydrazine groups is 1. The molecule has 3 N–H and O–H groups in total. The Labute approximate surface area is 124 Å². The smallest absolute Gasteiger partial charge is 0.241 e. The van der Waals surface area contributed by atoms with E-state index in [1.807, 2.05) is 18.9 Å². The van der Waals surface area contributed by atoms with Crippen molar-refractivity contribution in [3.05, 3.63) is 11.9 Å². The molecule has 0 bridgehead atoms. The third kappa shape index (κ3) is 4.02. The average molecular weight is 294 g/mol. The lowest BCUT2D eigenvalue weighted by molar-refractivity contribution is -0.127. The molecule has 1 saturated heterocycles. The summed E-state index contributed by atoms with van der Waals surface area (Å²) in [5.74, 6) is 7.29. The van der Waals surface area contributed by atoms with E-state index < -0.39 is 0 Å². The van der Waals surface area contributed by atoms with Crippen molar-refractivity contribution in [1.29, 1.82) is 0 Å². The molecule has 0 aromatic carbocycles. The van der Waals surface area contributed by atoms with Gasteiger partial charge in [0, 0.05) is 32.8 Å². The second-order valence-corrected chi connectivity index (χ2v) is 4.90. The van der Waals surface area contributed by atoms with Gasteiger partial charge in [0.1, 0.15) is 18.2 Å². The molecule has 0 aliphatic carbocycles. The molecule has 0 spiro atoms. The Balaban J connectivity index is 2.22. The molecule has 1 aliphatic rings. The molecule has 21 heavy (non-hydrogen) atoms. The Hall–Kier alpha value is -1.93. The van der Waals surface area contributed by atoms with Crippen molar-refractivity contribution in [2.75, 3.05) is 43.6 Å². The fraction of sp³-hybridized carbons (Fsp3) is 0.615. The van der Waals surface area contributed by atoms with Gasteiger partial charge in [-0.2, -0.15) is 0 Å². The highest BCUT2D eigenvalue weighted by Crippen LogP contribution is 2.18. The SMILES string of the molecule is CCOCc1nc(NN)cc(N2CCCN(C)C(=O)C2)n1. The topological polar surface area (TPSA) is 96.6 Å². The van der Waals surface area contributed by atoms with E-state index in [-0.39, 0.29) is 5.91 Å². The van der Waals surface area contributed by atoms with Gasteiger partial charge in [0.25, 0.3) is 0 Å². The highest BCUT2D eigenvalue weighted by Gasteiger charge is 2.21. The van der Waals surface area contributed by atoms with Gasteiger partial charge < -0.3 is 20.0 Å². The van der Waals surface area contributed by atoms with Gasteiger partial charge in [-0.1, -0.05) is 0 Å². The van der Waals surface area contributed by atoms with E-state index in [4.69, 9.17) is 10.6 Å². The van der Waals surface area contributed by atoms with Crippen molar-refractivity contribution in [3.63, 3.8) is 0 Å². The predicted molar refractivity (Wildman–Crippen MR) is 79.6 cm³/mol. The van der Waals surface area contributed by atoms with Crippen molar-refractivity contribution in [3.8, 4) is 0 Å². The minimum absolute atomic E-state index is 0.0831. The molecule has 0 unspecified atom stereocenters. The van der Waals surface area contributed by atoms with Crippen molar-refractivity contribution in [1.82, 2.24) is 14.9 Å². The van der Waals surface area contributed by atoms with Gasteiger partial charge in [-0.05, 0) is 13.3 Å². The summed E-state index contributed by atoms with van der Waals surface area (Å²) >= 11 is 0. The first-order valence-electron chi connectivity index (χ1n) is 7.05. The molecule has 2 rings (SSSR count). The number of nitrogen functional groups attached to an aromatic ring is 1. The van der Waals surface area contributed by atoms with Crippen LogP contribution in [0.4, 0.5) is 11.6 Å². The van der Waals surface area contributed by atoms with Crippen LogP contribution in [0.1, 0.15) is 19.2 Å². The van der Waals surface area contributed by atoms with E-state index in [9.17, 15) is 4.79 Å². The Kier molecular flexibility index (Phi) is 5.29. The van der Waals surface area contributed by atoms with E-state index in [2.05, 4.69) is 15.4 Å². The molecule has 1 aliphatic heterocycles. The zero-order chi connectivity index (χ0) is 15.2. The summed E-state index contributed by atoms with van der Waals surface area (Å²) in [5.41, 5.74) is 2.53. The van der Waals surface area contributed by atoms with Gasteiger partial charge in [-0.3, -0.25) is 4.79 Å². The molecule has 1 aromatic heterocycles. The number of aromatic nitrogens is 2. The second kappa shape index (κ2) is 7.19. The fourth-order valence-corrected chi connectivity index (χ4v) is 2.16. The molecule has 1 aromatic rings. The lowest BCUT2D eigenvalue weighted by Crippen LogP contribution is -2.35. The maximum atomic E-state index is 12.0. The Bertz CT molecular complexity index is 496. The maximum absolute atomic E-state index is 12.0. The van der Waals surface area contributed by atoms with Crippen molar-refractivity contribution in [2.24, 2.45) is 5.84 Å². The lowest BCUT2D eigenvalue weighted by atomic mass is 10.3. The van der Waals surface area contributed by atoms with Crippen LogP contribution in [-0.4, -0.2) is 54.1 Å². The Morgan fingerprint density at radius 2 is 2.24 bits per heavy atom. The monoisotopic (exact) mass is 294 g/mol. The second-order valence-electron chi connectivity index (χ2n) is 4.90. The van der Waals surface area contributed by atoms with Crippen LogP contribution in [0.3, 0.4) is 0 Å². The number of nitrogens with zero attached hydrogens (tertiary/aromatic N) is 4. The first-order valence-corrected chi connectivity index (χ1v) is 7.05. The van der Waals surface area contributed by atoms with Crippen LogP contribution in [0.5, 0.6) is 0 Å². The summed E-state index contributed by atoms with van der Waals surface area (Å²) in [6, 6.07) is 1.74. The number of carbonyl (C=O) groups excluding carboxylic acids is 1. The van der Waals surface area contributed by atoms with Crippen LogP contribution < -0.4 is 16.2 Å². The van der Waals surface area contributed by atoms with E-state index >= 15 is 0 Å². The first kappa shape index (κ1) is 15.5. The normalized spacial score (nSPS) is 16.0. The van der Waals surface area contributed by atoms with Crippen molar-refractivity contribution in [2.45, 2.75) is 20.0 Å². The standard InChI is InChI=1S/C13H22N6O2/c1-3-21-9-11-15-10(17-14)7-12(16-11)19-6-4-5-18(2)13(20)8-19/h7H,3-6,8-9,14H2,1-2H3,(H,15,16,17). The Morgan fingerprint density at radius 3 is 2.95 bits per heavy atom. The zero-order valence-corrected chi connectivity index (χ0v) is 12.5. The minimum atomic E-state index is 0.0831. The third-order valence-corrected chi connectivity index (χ3v) is 3.34. The lowest BCUT2D eigenvalue weighted by Gasteiger charge is -2.21.